The van der Waals surface area contributed by atoms with Crippen LogP contribution in [0.3, 0.4) is 0 Å². The van der Waals surface area contributed by atoms with Gasteiger partial charge in [-0.15, -0.1) is 11.6 Å². The van der Waals surface area contributed by atoms with E-state index in [0.717, 1.165) is 26.9 Å². The molecule has 2 aromatic rings. The van der Waals surface area contributed by atoms with E-state index < -0.39 is 5.38 Å². The number of ether oxygens (including phenoxy) is 1. The van der Waals surface area contributed by atoms with Gasteiger partial charge in [0.2, 0.25) is 0 Å². The molecule has 0 bridgehead atoms. The number of aryl methyl sites for hydroxylation is 1. The lowest BCUT2D eigenvalue weighted by Crippen LogP contribution is -1.99. The number of halogens is 4. The SMILES string of the molecule is COc1cc(C)c(Br)cc1C(Cl)c1cccc(Cl)c1Cl. The van der Waals surface area contributed by atoms with Gasteiger partial charge in [0.25, 0.3) is 0 Å². The minimum Gasteiger partial charge on any atom is -0.496 e. The Labute approximate surface area is 141 Å². The summed E-state index contributed by atoms with van der Waals surface area (Å²) in [5.41, 5.74) is 2.68. The van der Waals surface area contributed by atoms with E-state index in [-0.39, 0.29) is 0 Å². The average molecular weight is 395 g/mol. The van der Waals surface area contributed by atoms with E-state index in [1.54, 1.807) is 13.2 Å². The highest BCUT2D eigenvalue weighted by atomic mass is 79.9. The zero-order valence-corrected chi connectivity index (χ0v) is 14.7. The van der Waals surface area contributed by atoms with E-state index in [1.165, 1.54) is 0 Å². The fourth-order valence-electron chi connectivity index (χ4n) is 1.93. The number of rotatable bonds is 3. The largest absolute Gasteiger partial charge is 0.496 e. The van der Waals surface area contributed by atoms with Crippen LogP contribution in [0.5, 0.6) is 5.75 Å². The Morgan fingerprint density at radius 2 is 1.85 bits per heavy atom. The smallest absolute Gasteiger partial charge is 0.124 e. The summed E-state index contributed by atoms with van der Waals surface area (Å²) in [6.07, 6.45) is 0. The first-order chi connectivity index (χ1) is 9.45. The fourth-order valence-corrected chi connectivity index (χ4v) is 3.12. The first kappa shape index (κ1) is 16.0. The van der Waals surface area contributed by atoms with Gasteiger partial charge in [-0.2, -0.15) is 0 Å². The minimum absolute atomic E-state index is 0.437. The Morgan fingerprint density at radius 3 is 2.50 bits per heavy atom. The molecular formula is C15H12BrCl3O. The van der Waals surface area contributed by atoms with E-state index >= 15 is 0 Å². The van der Waals surface area contributed by atoms with E-state index in [9.17, 15) is 0 Å². The summed E-state index contributed by atoms with van der Waals surface area (Å²) in [5.74, 6) is 0.724. The molecule has 0 radical (unpaired) electrons. The molecule has 5 heteroatoms. The Bertz CT molecular complexity index is 643. The van der Waals surface area contributed by atoms with Gasteiger partial charge in [-0.1, -0.05) is 51.3 Å². The summed E-state index contributed by atoms with van der Waals surface area (Å²) in [7, 11) is 1.62. The fraction of sp³-hybridized carbons (Fsp3) is 0.200. The van der Waals surface area contributed by atoms with Crippen molar-refractivity contribution in [3.63, 3.8) is 0 Å². The maximum absolute atomic E-state index is 6.57. The lowest BCUT2D eigenvalue weighted by Gasteiger charge is -2.17. The van der Waals surface area contributed by atoms with Crippen LogP contribution in [0.2, 0.25) is 10.0 Å². The highest BCUT2D eigenvalue weighted by Crippen LogP contribution is 2.42. The molecule has 2 aromatic carbocycles. The number of hydrogen-bond donors (Lipinski definition) is 0. The summed E-state index contributed by atoms with van der Waals surface area (Å²) in [4.78, 5) is 0. The van der Waals surface area contributed by atoms with Crippen LogP contribution in [0, 0.1) is 6.92 Å². The third kappa shape index (κ3) is 3.09. The molecule has 0 aliphatic carbocycles. The van der Waals surface area contributed by atoms with Crippen molar-refractivity contribution in [2.24, 2.45) is 0 Å². The van der Waals surface area contributed by atoms with Crippen molar-refractivity contribution in [2.75, 3.05) is 7.11 Å². The first-order valence-corrected chi connectivity index (χ1v) is 7.86. The second kappa shape index (κ2) is 6.57. The normalized spacial score (nSPS) is 12.3. The monoisotopic (exact) mass is 392 g/mol. The maximum atomic E-state index is 6.57. The van der Waals surface area contributed by atoms with Gasteiger partial charge in [-0.05, 0) is 36.2 Å². The Hall–Kier alpha value is -0.410. The highest BCUT2D eigenvalue weighted by Gasteiger charge is 2.20. The Morgan fingerprint density at radius 1 is 1.15 bits per heavy atom. The van der Waals surface area contributed by atoms with Gasteiger partial charge < -0.3 is 4.74 Å². The third-order valence-electron chi connectivity index (χ3n) is 3.04. The van der Waals surface area contributed by atoms with Crippen LogP contribution in [0.4, 0.5) is 0 Å². The Balaban J connectivity index is 2.55. The van der Waals surface area contributed by atoms with Crippen molar-refractivity contribution in [1.29, 1.82) is 0 Å². The molecule has 0 amide bonds. The van der Waals surface area contributed by atoms with Crippen LogP contribution >= 0.6 is 50.7 Å². The van der Waals surface area contributed by atoms with E-state index in [1.807, 2.05) is 31.2 Å². The lowest BCUT2D eigenvalue weighted by atomic mass is 10.0. The number of methoxy groups -OCH3 is 1. The molecular weight excluding hydrogens is 382 g/mol. The predicted molar refractivity (Wildman–Crippen MR) is 89.6 cm³/mol. The molecule has 0 saturated heterocycles. The van der Waals surface area contributed by atoms with Crippen LogP contribution in [0.1, 0.15) is 22.1 Å². The zero-order valence-electron chi connectivity index (χ0n) is 10.9. The van der Waals surface area contributed by atoms with Gasteiger partial charge in [0.15, 0.2) is 0 Å². The van der Waals surface area contributed by atoms with Crippen molar-refractivity contribution in [3.05, 3.63) is 61.5 Å². The van der Waals surface area contributed by atoms with Crippen LogP contribution in [0.25, 0.3) is 0 Å². The van der Waals surface area contributed by atoms with Gasteiger partial charge in [-0.3, -0.25) is 0 Å². The molecule has 0 N–H and O–H groups in total. The van der Waals surface area contributed by atoms with Gasteiger partial charge >= 0.3 is 0 Å². The third-order valence-corrected chi connectivity index (χ3v) is 5.20. The summed E-state index contributed by atoms with van der Waals surface area (Å²) in [6.45, 7) is 1.99. The number of benzene rings is 2. The van der Waals surface area contributed by atoms with Crippen molar-refractivity contribution in [1.82, 2.24) is 0 Å². The minimum atomic E-state index is -0.437. The molecule has 0 aliphatic rings. The van der Waals surface area contributed by atoms with Crippen molar-refractivity contribution in [3.8, 4) is 5.75 Å². The molecule has 0 heterocycles. The van der Waals surface area contributed by atoms with Gasteiger partial charge in [0.1, 0.15) is 5.75 Å². The standard InChI is InChI=1S/C15H12BrCl3O/c1-8-6-13(20-2)10(7-11(8)16)14(18)9-4-3-5-12(17)15(9)19/h3-7,14H,1-2H3. The second-order valence-corrected chi connectivity index (χ2v) is 6.42. The maximum Gasteiger partial charge on any atom is 0.124 e. The van der Waals surface area contributed by atoms with Gasteiger partial charge in [-0.25, -0.2) is 0 Å². The molecule has 0 aliphatic heterocycles. The number of alkyl halides is 1. The van der Waals surface area contributed by atoms with Crippen LogP contribution in [-0.4, -0.2) is 7.11 Å². The van der Waals surface area contributed by atoms with Crippen LogP contribution < -0.4 is 4.74 Å². The number of hydrogen-bond acceptors (Lipinski definition) is 1. The van der Waals surface area contributed by atoms with Gasteiger partial charge in [0.05, 0.1) is 22.5 Å². The average Bonchev–Trinajstić information content (AvgIpc) is 2.43. The topological polar surface area (TPSA) is 9.23 Å². The predicted octanol–water partition coefficient (Wildman–Crippen LogP) is 6.40. The Kier molecular flexibility index (Phi) is 5.25. The van der Waals surface area contributed by atoms with Crippen LogP contribution in [-0.2, 0) is 0 Å². The zero-order chi connectivity index (χ0) is 14.9. The van der Waals surface area contributed by atoms with Gasteiger partial charge in [0, 0.05) is 10.0 Å². The molecule has 20 heavy (non-hydrogen) atoms. The molecule has 1 unspecified atom stereocenters. The highest BCUT2D eigenvalue weighted by molar-refractivity contribution is 9.10. The lowest BCUT2D eigenvalue weighted by molar-refractivity contribution is 0.409. The second-order valence-electron chi connectivity index (χ2n) is 4.35. The molecule has 0 aromatic heterocycles. The summed E-state index contributed by atoms with van der Waals surface area (Å²) in [5, 5.41) is 0.515. The van der Waals surface area contributed by atoms with Crippen molar-refractivity contribution in [2.45, 2.75) is 12.3 Å². The quantitative estimate of drug-likeness (QED) is 0.547. The molecule has 2 rings (SSSR count). The van der Waals surface area contributed by atoms with Crippen LogP contribution in [0.15, 0.2) is 34.8 Å². The van der Waals surface area contributed by atoms with Crippen molar-refractivity contribution < 1.29 is 4.74 Å². The molecule has 0 saturated carbocycles. The van der Waals surface area contributed by atoms with E-state index in [0.29, 0.717) is 10.0 Å². The molecule has 1 atom stereocenters. The molecule has 1 nitrogen and oxygen atoms in total. The summed E-state index contributed by atoms with van der Waals surface area (Å²) in [6, 6.07) is 9.31. The summed E-state index contributed by atoms with van der Waals surface area (Å²) >= 11 is 22.4. The molecule has 0 fully saturated rings. The first-order valence-electron chi connectivity index (χ1n) is 5.87. The van der Waals surface area contributed by atoms with Crippen molar-refractivity contribution >= 4 is 50.7 Å². The molecule has 106 valence electrons. The molecule has 0 spiro atoms. The van der Waals surface area contributed by atoms with E-state index in [2.05, 4.69) is 15.9 Å². The van der Waals surface area contributed by atoms with E-state index in [4.69, 9.17) is 39.5 Å². The summed E-state index contributed by atoms with van der Waals surface area (Å²) < 4.78 is 6.38.